The number of likely N-dealkylation sites (tertiary alicyclic amines) is 1. The van der Waals surface area contributed by atoms with Crippen LogP contribution in [-0.4, -0.2) is 61.0 Å². The molecule has 5 nitrogen and oxygen atoms in total. The molecule has 7 heteroatoms. The summed E-state index contributed by atoms with van der Waals surface area (Å²) in [7, 11) is 0. The van der Waals surface area contributed by atoms with Crippen molar-refractivity contribution in [1.82, 2.24) is 15.1 Å². The first-order valence-electron chi connectivity index (χ1n) is 9.29. The molecule has 0 saturated carbocycles. The molecule has 1 aromatic heterocycles. The SMILES string of the molecule is Cl.O=C(c1cccc(OCc2cccs2)c1)N1CCC(N2CCNCC2)C1. The third-order valence-corrected chi connectivity index (χ3v) is 6.01. The van der Waals surface area contributed by atoms with Crippen LogP contribution in [0.15, 0.2) is 41.8 Å². The number of nitrogens with one attached hydrogen (secondary N) is 1. The number of benzene rings is 1. The summed E-state index contributed by atoms with van der Waals surface area (Å²) in [6.07, 6.45) is 1.07. The van der Waals surface area contributed by atoms with Crippen LogP contribution in [0.4, 0.5) is 0 Å². The summed E-state index contributed by atoms with van der Waals surface area (Å²) < 4.78 is 5.84. The van der Waals surface area contributed by atoms with Gasteiger partial charge in [0, 0.05) is 55.8 Å². The van der Waals surface area contributed by atoms with Crippen LogP contribution in [0.25, 0.3) is 0 Å². The quantitative estimate of drug-likeness (QED) is 0.827. The summed E-state index contributed by atoms with van der Waals surface area (Å²) in [5, 5.41) is 5.43. The Hall–Kier alpha value is -1.60. The molecule has 2 saturated heterocycles. The first kappa shape index (κ1) is 20.1. The van der Waals surface area contributed by atoms with Crippen LogP contribution in [0.5, 0.6) is 5.75 Å². The summed E-state index contributed by atoms with van der Waals surface area (Å²) in [6.45, 7) is 6.48. The predicted molar refractivity (Wildman–Crippen MR) is 111 cm³/mol. The minimum atomic E-state index is 0. The maximum absolute atomic E-state index is 12.9. The van der Waals surface area contributed by atoms with Crippen molar-refractivity contribution in [3.63, 3.8) is 0 Å². The Balaban J connectivity index is 0.00000210. The lowest BCUT2D eigenvalue weighted by molar-refractivity contribution is 0.0773. The zero-order chi connectivity index (χ0) is 17.8. The summed E-state index contributed by atoms with van der Waals surface area (Å²) in [6, 6.07) is 12.1. The smallest absolute Gasteiger partial charge is 0.254 e. The molecule has 3 heterocycles. The van der Waals surface area contributed by atoms with Gasteiger partial charge in [0.15, 0.2) is 0 Å². The van der Waals surface area contributed by atoms with E-state index in [2.05, 4.69) is 16.3 Å². The molecule has 0 spiro atoms. The van der Waals surface area contributed by atoms with Gasteiger partial charge in [0.25, 0.3) is 5.91 Å². The topological polar surface area (TPSA) is 44.8 Å². The van der Waals surface area contributed by atoms with E-state index in [1.54, 1.807) is 11.3 Å². The third kappa shape index (κ3) is 5.02. The Morgan fingerprint density at radius 2 is 2.04 bits per heavy atom. The van der Waals surface area contributed by atoms with Crippen LogP contribution >= 0.6 is 23.7 Å². The van der Waals surface area contributed by atoms with E-state index in [0.717, 1.165) is 57.0 Å². The van der Waals surface area contributed by atoms with Crippen molar-refractivity contribution in [3.8, 4) is 5.75 Å². The fraction of sp³-hybridized carbons (Fsp3) is 0.450. The number of ether oxygens (including phenoxy) is 1. The number of amides is 1. The van der Waals surface area contributed by atoms with Crippen molar-refractivity contribution in [2.24, 2.45) is 0 Å². The van der Waals surface area contributed by atoms with Crippen LogP contribution in [-0.2, 0) is 6.61 Å². The zero-order valence-electron chi connectivity index (χ0n) is 15.3. The van der Waals surface area contributed by atoms with Gasteiger partial charge < -0.3 is 15.0 Å². The van der Waals surface area contributed by atoms with Gasteiger partial charge in [0.05, 0.1) is 0 Å². The van der Waals surface area contributed by atoms with Crippen LogP contribution in [0.3, 0.4) is 0 Å². The van der Waals surface area contributed by atoms with E-state index in [1.165, 1.54) is 4.88 Å². The first-order valence-corrected chi connectivity index (χ1v) is 10.2. The van der Waals surface area contributed by atoms with Gasteiger partial charge in [-0.05, 0) is 36.1 Å². The Morgan fingerprint density at radius 1 is 1.19 bits per heavy atom. The molecule has 1 unspecified atom stereocenters. The minimum Gasteiger partial charge on any atom is -0.488 e. The summed E-state index contributed by atoms with van der Waals surface area (Å²) in [5.41, 5.74) is 0.717. The molecule has 27 heavy (non-hydrogen) atoms. The monoisotopic (exact) mass is 407 g/mol. The van der Waals surface area contributed by atoms with E-state index in [0.29, 0.717) is 12.6 Å². The van der Waals surface area contributed by atoms with Crippen LogP contribution in [0.2, 0.25) is 0 Å². The van der Waals surface area contributed by atoms with Gasteiger partial charge in [-0.3, -0.25) is 9.69 Å². The largest absolute Gasteiger partial charge is 0.488 e. The van der Waals surface area contributed by atoms with E-state index in [1.807, 2.05) is 40.6 Å². The number of thiophene rings is 1. The number of piperazine rings is 1. The maximum atomic E-state index is 12.9. The molecule has 146 valence electrons. The molecular weight excluding hydrogens is 382 g/mol. The minimum absolute atomic E-state index is 0. The molecular formula is C20H26ClN3O2S. The lowest BCUT2D eigenvalue weighted by Gasteiger charge is -2.32. The molecule has 4 rings (SSSR count). The molecule has 1 N–H and O–H groups in total. The lowest BCUT2D eigenvalue weighted by Crippen LogP contribution is -2.49. The van der Waals surface area contributed by atoms with E-state index in [4.69, 9.17) is 4.74 Å². The molecule has 1 amide bonds. The Kier molecular flexibility index (Phi) is 7.13. The highest BCUT2D eigenvalue weighted by molar-refractivity contribution is 7.09. The first-order chi connectivity index (χ1) is 12.8. The van der Waals surface area contributed by atoms with Gasteiger partial charge in [-0.2, -0.15) is 0 Å². The maximum Gasteiger partial charge on any atom is 0.254 e. The standard InChI is InChI=1S/C20H25N3O2S.ClH/c24-20(23-9-6-17(14-23)22-10-7-21-8-11-22)16-3-1-4-18(13-16)25-15-19-5-2-12-26-19;/h1-5,12-13,17,21H,6-11,14-15H2;1H. The summed E-state index contributed by atoms with van der Waals surface area (Å²) in [4.78, 5) is 18.6. The normalized spacial score (nSPS) is 20.3. The highest BCUT2D eigenvalue weighted by Gasteiger charge is 2.31. The van der Waals surface area contributed by atoms with Crippen molar-refractivity contribution >= 4 is 29.7 Å². The third-order valence-electron chi connectivity index (χ3n) is 5.16. The molecule has 1 aromatic carbocycles. The van der Waals surface area contributed by atoms with Crippen LogP contribution < -0.4 is 10.1 Å². The Labute approximate surface area is 170 Å². The highest BCUT2D eigenvalue weighted by Crippen LogP contribution is 2.22. The number of nitrogens with zero attached hydrogens (tertiary/aromatic N) is 2. The molecule has 2 aromatic rings. The van der Waals surface area contributed by atoms with Crippen LogP contribution in [0.1, 0.15) is 21.7 Å². The number of halogens is 1. The van der Waals surface area contributed by atoms with Crippen molar-refractivity contribution < 1.29 is 9.53 Å². The number of hydrogen-bond donors (Lipinski definition) is 1. The fourth-order valence-corrected chi connectivity index (χ4v) is 4.34. The Bertz CT molecular complexity index is 735. The molecule has 2 fully saturated rings. The molecule has 0 aliphatic carbocycles. The van der Waals surface area contributed by atoms with E-state index < -0.39 is 0 Å². The molecule has 1 atom stereocenters. The summed E-state index contributed by atoms with van der Waals surface area (Å²) >= 11 is 1.68. The zero-order valence-corrected chi connectivity index (χ0v) is 16.9. The summed E-state index contributed by atoms with van der Waals surface area (Å²) in [5.74, 6) is 0.867. The fourth-order valence-electron chi connectivity index (χ4n) is 3.72. The lowest BCUT2D eigenvalue weighted by atomic mass is 10.2. The molecule has 2 aliphatic rings. The van der Waals surface area contributed by atoms with Gasteiger partial charge in [0.1, 0.15) is 12.4 Å². The number of hydrogen-bond acceptors (Lipinski definition) is 5. The van der Waals surface area contributed by atoms with Crippen LogP contribution in [0, 0.1) is 0 Å². The molecule has 2 aliphatic heterocycles. The van der Waals surface area contributed by atoms with Crippen molar-refractivity contribution in [3.05, 3.63) is 52.2 Å². The van der Waals surface area contributed by atoms with Gasteiger partial charge in [-0.15, -0.1) is 23.7 Å². The van der Waals surface area contributed by atoms with Gasteiger partial charge in [0.2, 0.25) is 0 Å². The second kappa shape index (κ2) is 9.55. The predicted octanol–water partition coefficient (Wildman–Crippen LogP) is 2.87. The second-order valence-electron chi connectivity index (χ2n) is 6.88. The molecule has 0 bridgehead atoms. The number of carbonyl (C=O) groups excluding carboxylic acids is 1. The average molecular weight is 408 g/mol. The average Bonchev–Trinajstić information content (AvgIpc) is 3.39. The number of rotatable bonds is 5. The van der Waals surface area contributed by atoms with E-state index >= 15 is 0 Å². The van der Waals surface area contributed by atoms with Gasteiger partial charge >= 0.3 is 0 Å². The van der Waals surface area contributed by atoms with E-state index in [-0.39, 0.29) is 18.3 Å². The highest BCUT2D eigenvalue weighted by atomic mass is 35.5. The Morgan fingerprint density at radius 3 is 2.81 bits per heavy atom. The van der Waals surface area contributed by atoms with Gasteiger partial charge in [-0.1, -0.05) is 12.1 Å². The number of carbonyl (C=O) groups is 1. The van der Waals surface area contributed by atoms with Crippen molar-refractivity contribution in [2.75, 3.05) is 39.3 Å². The van der Waals surface area contributed by atoms with E-state index in [9.17, 15) is 4.79 Å². The van der Waals surface area contributed by atoms with Gasteiger partial charge in [-0.25, -0.2) is 0 Å². The second-order valence-corrected chi connectivity index (χ2v) is 7.91. The molecule has 0 radical (unpaired) electrons. The van der Waals surface area contributed by atoms with Crippen molar-refractivity contribution in [2.45, 2.75) is 19.1 Å². The van der Waals surface area contributed by atoms with Crippen molar-refractivity contribution in [1.29, 1.82) is 0 Å².